The third-order valence-corrected chi connectivity index (χ3v) is 4.05. The summed E-state index contributed by atoms with van der Waals surface area (Å²) in [6, 6.07) is -0.735. The lowest BCUT2D eigenvalue weighted by molar-refractivity contribution is -0.146. The van der Waals surface area contributed by atoms with Crippen LogP contribution in [0.2, 0.25) is 0 Å². The molecule has 0 aromatic carbocycles. The van der Waals surface area contributed by atoms with Crippen LogP contribution in [0.15, 0.2) is 6.20 Å². The van der Waals surface area contributed by atoms with E-state index in [-0.39, 0.29) is 5.82 Å². The van der Waals surface area contributed by atoms with Gasteiger partial charge in [-0.05, 0) is 19.3 Å². The number of halogens is 3. The van der Waals surface area contributed by atoms with Crippen LogP contribution in [0.1, 0.15) is 49.7 Å². The molecule has 1 heterocycles. The maximum Gasteiger partial charge on any atom is 0.434 e. The Morgan fingerprint density at radius 2 is 2.10 bits per heavy atom. The smallest absolute Gasteiger partial charge is 0.434 e. The standard InChI is InChI=1S/C14H19F3N2O2/c1-9-18-12(14(15,16)17)8-19(9)11(13(20)21-2)7-10-5-3-4-6-10/h8,10-11H,3-7H2,1-2H3. The Morgan fingerprint density at radius 1 is 1.48 bits per heavy atom. The van der Waals surface area contributed by atoms with Crippen molar-refractivity contribution in [2.75, 3.05) is 7.11 Å². The van der Waals surface area contributed by atoms with E-state index in [2.05, 4.69) is 4.98 Å². The van der Waals surface area contributed by atoms with Crippen molar-refractivity contribution in [2.45, 2.75) is 51.2 Å². The minimum atomic E-state index is -4.51. The van der Waals surface area contributed by atoms with Gasteiger partial charge in [0.2, 0.25) is 0 Å². The number of carbonyl (C=O) groups is 1. The first kappa shape index (κ1) is 15.9. The number of hydrogen-bond donors (Lipinski definition) is 0. The molecule has 2 rings (SSSR count). The normalized spacial score (nSPS) is 18.0. The number of methoxy groups -OCH3 is 1. The summed E-state index contributed by atoms with van der Waals surface area (Å²) in [5, 5.41) is 0. The average Bonchev–Trinajstić information content (AvgIpc) is 3.03. The van der Waals surface area contributed by atoms with E-state index < -0.39 is 23.9 Å². The highest BCUT2D eigenvalue weighted by atomic mass is 19.4. The fourth-order valence-corrected chi connectivity index (χ4v) is 2.96. The number of nitrogens with zero attached hydrogens (tertiary/aromatic N) is 2. The zero-order valence-electron chi connectivity index (χ0n) is 12.1. The summed E-state index contributed by atoms with van der Waals surface area (Å²) >= 11 is 0. The highest BCUT2D eigenvalue weighted by molar-refractivity contribution is 5.74. The number of carbonyl (C=O) groups excluding carboxylic acids is 1. The molecular formula is C14H19F3N2O2. The van der Waals surface area contributed by atoms with Crippen molar-refractivity contribution < 1.29 is 22.7 Å². The van der Waals surface area contributed by atoms with Crippen LogP contribution in [0.25, 0.3) is 0 Å². The quantitative estimate of drug-likeness (QED) is 0.800. The lowest BCUT2D eigenvalue weighted by Crippen LogP contribution is -2.23. The topological polar surface area (TPSA) is 44.1 Å². The van der Waals surface area contributed by atoms with Crippen LogP contribution in [0.5, 0.6) is 0 Å². The lowest BCUT2D eigenvalue weighted by Gasteiger charge is -2.20. The first-order chi connectivity index (χ1) is 9.82. The molecule has 0 bridgehead atoms. The first-order valence-corrected chi connectivity index (χ1v) is 7.03. The van der Waals surface area contributed by atoms with E-state index in [1.807, 2.05) is 0 Å². The molecule has 1 aliphatic carbocycles. The number of rotatable bonds is 4. The SMILES string of the molecule is COC(=O)C(CC1CCCC1)n1cc(C(F)(F)F)nc1C. The fourth-order valence-electron chi connectivity index (χ4n) is 2.96. The minimum Gasteiger partial charge on any atom is -0.467 e. The van der Waals surface area contributed by atoms with Crippen LogP contribution in [-0.4, -0.2) is 22.6 Å². The Hall–Kier alpha value is -1.53. The van der Waals surface area contributed by atoms with Crippen molar-refractivity contribution in [2.24, 2.45) is 5.92 Å². The molecule has 0 spiro atoms. The van der Waals surface area contributed by atoms with Crippen LogP contribution in [0.3, 0.4) is 0 Å². The van der Waals surface area contributed by atoms with Crippen molar-refractivity contribution >= 4 is 5.97 Å². The highest BCUT2D eigenvalue weighted by Crippen LogP contribution is 2.35. The van der Waals surface area contributed by atoms with Crippen molar-refractivity contribution in [3.05, 3.63) is 17.7 Å². The monoisotopic (exact) mass is 304 g/mol. The molecule has 1 fully saturated rings. The van der Waals surface area contributed by atoms with Crippen molar-refractivity contribution in [1.29, 1.82) is 0 Å². The van der Waals surface area contributed by atoms with Gasteiger partial charge in [0.15, 0.2) is 5.69 Å². The van der Waals surface area contributed by atoms with E-state index in [0.29, 0.717) is 12.3 Å². The summed E-state index contributed by atoms with van der Waals surface area (Å²) in [7, 11) is 1.25. The van der Waals surface area contributed by atoms with E-state index in [1.165, 1.54) is 18.6 Å². The van der Waals surface area contributed by atoms with Crippen LogP contribution < -0.4 is 0 Å². The largest absolute Gasteiger partial charge is 0.467 e. The van der Waals surface area contributed by atoms with Gasteiger partial charge in [0.05, 0.1) is 7.11 Å². The fraction of sp³-hybridized carbons (Fsp3) is 0.714. The molecule has 21 heavy (non-hydrogen) atoms. The molecule has 1 aromatic heterocycles. The second kappa shape index (κ2) is 6.07. The Kier molecular flexibility index (Phi) is 4.58. The molecule has 1 atom stereocenters. The molecule has 0 saturated heterocycles. The number of hydrogen-bond acceptors (Lipinski definition) is 3. The van der Waals surface area contributed by atoms with Gasteiger partial charge in [0, 0.05) is 6.20 Å². The van der Waals surface area contributed by atoms with Crippen LogP contribution in [0.4, 0.5) is 13.2 Å². The van der Waals surface area contributed by atoms with Crippen molar-refractivity contribution in [1.82, 2.24) is 9.55 Å². The Labute approximate surface area is 121 Å². The third-order valence-electron chi connectivity index (χ3n) is 4.05. The minimum absolute atomic E-state index is 0.177. The third kappa shape index (κ3) is 3.57. The summed E-state index contributed by atoms with van der Waals surface area (Å²) < 4.78 is 44.3. The molecule has 0 aliphatic heterocycles. The number of alkyl halides is 3. The number of esters is 1. The van der Waals surface area contributed by atoms with Crippen molar-refractivity contribution in [3.8, 4) is 0 Å². The van der Waals surface area contributed by atoms with Gasteiger partial charge in [-0.25, -0.2) is 9.78 Å². The molecular weight excluding hydrogens is 285 g/mol. The van der Waals surface area contributed by atoms with Gasteiger partial charge in [0.25, 0.3) is 0 Å². The van der Waals surface area contributed by atoms with Crippen LogP contribution >= 0.6 is 0 Å². The van der Waals surface area contributed by atoms with Gasteiger partial charge in [-0.1, -0.05) is 25.7 Å². The maximum absolute atomic E-state index is 12.7. The van der Waals surface area contributed by atoms with E-state index in [9.17, 15) is 18.0 Å². The van der Waals surface area contributed by atoms with Crippen molar-refractivity contribution in [3.63, 3.8) is 0 Å². The zero-order valence-corrected chi connectivity index (χ0v) is 12.1. The average molecular weight is 304 g/mol. The lowest BCUT2D eigenvalue weighted by atomic mass is 9.98. The zero-order chi connectivity index (χ0) is 15.6. The van der Waals surface area contributed by atoms with E-state index >= 15 is 0 Å². The van der Waals surface area contributed by atoms with Gasteiger partial charge in [-0.3, -0.25) is 0 Å². The number of imidazole rings is 1. The summed E-state index contributed by atoms with van der Waals surface area (Å²) in [5.74, 6) is 0.0112. The first-order valence-electron chi connectivity index (χ1n) is 7.03. The van der Waals surface area contributed by atoms with E-state index in [1.54, 1.807) is 0 Å². The molecule has 1 aliphatic rings. The molecule has 7 heteroatoms. The molecule has 1 saturated carbocycles. The second-order valence-electron chi connectivity index (χ2n) is 5.50. The summed E-state index contributed by atoms with van der Waals surface area (Å²) in [5.41, 5.74) is -0.972. The van der Waals surface area contributed by atoms with E-state index in [0.717, 1.165) is 31.9 Å². The Balaban J connectivity index is 2.27. The Bertz CT molecular complexity index is 505. The van der Waals surface area contributed by atoms with Gasteiger partial charge in [-0.2, -0.15) is 13.2 Å². The van der Waals surface area contributed by atoms with Crippen LogP contribution in [-0.2, 0) is 15.7 Å². The molecule has 0 amide bonds. The highest BCUT2D eigenvalue weighted by Gasteiger charge is 2.36. The van der Waals surface area contributed by atoms with Gasteiger partial charge >= 0.3 is 12.1 Å². The second-order valence-corrected chi connectivity index (χ2v) is 5.50. The van der Waals surface area contributed by atoms with Gasteiger partial charge < -0.3 is 9.30 Å². The summed E-state index contributed by atoms with van der Waals surface area (Å²) in [6.45, 7) is 1.47. The predicted molar refractivity (Wildman–Crippen MR) is 69.6 cm³/mol. The molecule has 1 unspecified atom stereocenters. The molecule has 1 aromatic rings. The maximum atomic E-state index is 12.7. The predicted octanol–water partition coefficient (Wildman–Crippen LogP) is 3.50. The van der Waals surface area contributed by atoms with E-state index in [4.69, 9.17) is 4.74 Å². The molecule has 0 N–H and O–H groups in total. The van der Waals surface area contributed by atoms with Gasteiger partial charge in [-0.15, -0.1) is 0 Å². The number of aromatic nitrogens is 2. The molecule has 118 valence electrons. The molecule has 4 nitrogen and oxygen atoms in total. The number of ether oxygens (including phenoxy) is 1. The number of aryl methyl sites for hydroxylation is 1. The van der Waals surface area contributed by atoms with Crippen LogP contribution in [0, 0.1) is 12.8 Å². The Morgan fingerprint density at radius 3 is 2.57 bits per heavy atom. The summed E-state index contributed by atoms with van der Waals surface area (Å²) in [6.07, 6.45) is 1.13. The molecule has 0 radical (unpaired) electrons. The van der Waals surface area contributed by atoms with Gasteiger partial charge in [0.1, 0.15) is 11.9 Å². The summed E-state index contributed by atoms with van der Waals surface area (Å²) in [4.78, 5) is 15.5.